The van der Waals surface area contributed by atoms with Crippen LogP contribution in [0.2, 0.25) is 0 Å². The second-order valence-electron chi connectivity index (χ2n) is 7.26. The number of hydrogen-bond donors (Lipinski definition) is 2. The molecular formula is C19H30N3O4S+. The van der Waals surface area contributed by atoms with Crippen LogP contribution in [0.1, 0.15) is 43.6 Å². The average Bonchev–Trinajstić information content (AvgIpc) is 2.96. The van der Waals surface area contributed by atoms with Crippen LogP contribution in [-0.4, -0.2) is 62.0 Å². The number of piperazine rings is 1. The van der Waals surface area contributed by atoms with Crippen molar-refractivity contribution < 1.29 is 24.0 Å². The lowest BCUT2D eigenvalue weighted by Gasteiger charge is -2.31. The molecule has 2 amide bonds. The normalized spacial score (nSPS) is 15.1. The third-order valence-electron chi connectivity index (χ3n) is 4.55. The van der Waals surface area contributed by atoms with E-state index in [0.717, 1.165) is 30.0 Å². The molecule has 2 heterocycles. The van der Waals surface area contributed by atoms with Gasteiger partial charge >= 0.3 is 5.97 Å². The SMILES string of the molecule is CCOC(=O)c1c(CC(C)C)csc1NC(=O)C[NH+]1CCN(C(C)=O)CC1. The van der Waals surface area contributed by atoms with Gasteiger partial charge < -0.3 is 19.9 Å². The molecule has 1 aromatic rings. The fourth-order valence-corrected chi connectivity index (χ4v) is 4.19. The number of thiophene rings is 1. The van der Waals surface area contributed by atoms with Gasteiger partial charge in [0.1, 0.15) is 5.00 Å². The van der Waals surface area contributed by atoms with Crippen LogP contribution in [0.4, 0.5) is 5.00 Å². The summed E-state index contributed by atoms with van der Waals surface area (Å²) in [6.07, 6.45) is 0.763. The van der Waals surface area contributed by atoms with Gasteiger partial charge in [-0.05, 0) is 30.2 Å². The number of quaternary nitrogens is 1. The number of nitrogens with zero attached hydrogens (tertiary/aromatic N) is 1. The minimum absolute atomic E-state index is 0.0776. The maximum atomic E-state index is 12.5. The standard InChI is InChI=1S/C19H29N3O4S/c1-5-26-19(25)17-15(10-13(2)3)12-27-18(17)20-16(24)11-21-6-8-22(9-7-21)14(4)23/h12-13H,5-11H2,1-4H3,(H,20,24)/p+1. The van der Waals surface area contributed by atoms with E-state index in [1.54, 1.807) is 18.7 Å². The molecule has 0 aromatic carbocycles. The summed E-state index contributed by atoms with van der Waals surface area (Å²) >= 11 is 1.37. The molecule has 27 heavy (non-hydrogen) atoms. The van der Waals surface area contributed by atoms with Gasteiger partial charge in [-0.25, -0.2) is 4.79 Å². The lowest BCUT2D eigenvalue weighted by Crippen LogP contribution is -3.15. The Balaban J connectivity index is 2.01. The molecule has 0 radical (unpaired) electrons. The zero-order valence-corrected chi connectivity index (χ0v) is 17.4. The van der Waals surface area contributed by atoms with Gasteiger partial charge in [0.2, 0.25) is 5.91 Å². The van der Waals surface area contributed by atoms with E-state index in [1.165, 1.54) is 11.3 Å². The lowest BCUT2D eigenvalue weighted by molar-refractivity contribution is -0.895. The van der Waals surface area contributed by atoms with Crippen molar-refractivity contribution in [2.45, 2.75) is 34.1 Å². The Bertz CT molecular complexity index is 678. The van der Waals surface area contributed by atoms with E-state index in [1.807, 2.05) is 5.38 Å². The molecule has 0 spiro atoms. The molecule has 1 aliphatic rings. The van der Waals surface area contributed by atoms with E-state index >= 15 is 0 Å². The summed E-state index contributed by atoms with van der Waals surface area (Å²) in [5.41, 5.74) is 1.41. The number of carbonyl (C=O) groups excluding carboxylic acids is 3. The minimum Gasteiger partial charge on any atom is -0.462 e. The maximum absolute atomic E-state index is 12.5. The van der Waals surface area contributed by atoms with Crippen LogP contribution in [0.25, 0.3) is 0 Å². The molecule has 2 N–H and O–H groups in total. The lowest BCUT2D eigenvalue weighted by atomic mass is 10.0. The van der Waals surface area contributed by atoms with Crippen LogP contribution in [0, 0.1) is 5.92 Å². The van der Waals surface area contributed by atoms with Gasteiger partial charge in [-0.1, -0.05) is 13.8 Å². The third-order valence-corrected chi connectivity index (χ3v) is 5.50. The maximum Gasteiger partial charge on any atom is 0.341 e. The Morgan fingerprint density at radius 1 is 1.30 bits per heavy atom. The Hall–Kier alpha value is -1.93. The first-order chi connectivity index (χ1) is 12.8. The quantitative estimate of drug-likeness (QED) is 0.669. The Morgan fingerprint density at radius 3 is 2.52 bits per heavy atom. The Kier molecular flexibility index (Phi) is 7.79. The fraction of sp³-hybridized carbons (Fsp3) is 0.632. The molecule has 8 heteroatoms. The molecule has 0 saturated carbocycles. The summed E-state index contributed by atoms with van der Waals surface area (Å²) in [7, 11) is 0. The van der Waals surface area contributed by atoms with E-state index in [-0.39, 0.29) is 17.8 Å². The van der Waals surface area contributed by atoms with Crippen molar-refractivity contribution in [3.05, 3.63) is 16.5 Å². The summed E-state index contributed by atoms with van der Waals surface area (Å²) in [4.78, 5) is 39.2. The van der Waals surface area contributed by atoms with Crippen molar-refractivity contribution >= 4 is 34.1 Å². The molecule has 1 aromatic heterocycles. The minimum atomic E-state index is -0.382. The van der Waals surface area contributed by atoms with Gasteiger partial charge in [-0.2, -0.15) is 0 Å². The average molecular weight is 397 g/mol. The summed E-state index contributed by atoms with van der Waals surface area (Å²) < 4.78 is 5.19. The molecular weight excluding hydrogens is 366 g/mol. The zero-order valence-electron chi connectivity index (χ0n) is 16.6. The number of anilines is 1. The van der Waals surface area contributed by atoms with Gasteiger partial charge in [0.15, 0.2) is 6.54 Å². The summed E-state index contributed by atoms with van der Waals surface area (Å²) in [5.74, 6) is -0.0240. The van der Waals surface area contributed by atoms with Crippen molar-refractivity contribution in [1.29, 1.82) is 0 Å². The predicted octanol–water partition coefficient (Wildman–Crippen LogP) is 0.809. The van der Waals surface area contributed by atoms with E-state index in [4.69, 9.17) is 4.74 Å². The highest BCUT2D eigenvalue weighted by molar-refractivity contribution is 7.15. The first-order valence-electron chi connectivity index (χ1n) is 9.48. The molecule has 0 atom stereocenters. The van der Waals surface area contributed by atoms with Crippen molar-refractivity contribution in [2.75, 3.05) is 44.6 Å². The number of rotatable bonds is 7. The Morgan fingerprint density at radius 2 is 1.96 bits per heavy atom. The van der Waals surface area contributed by atoms with Crippen LogP contribution in [0.3, 0.4) is 0 Å². The molecule has 1 saturated heterocycles. The van der Waals surface area contributed by atoms with E-state index in [9.17, 15) is 14.4 Å². The van der Waals surface area contributed by atoms with Gasteiger partial charge in [-0.3, -0.25) is 9.59 Å². The Labute approximate surface area is 164 Å². The van der Waals surface area contributed by atoms with E-state index < -0.39 is 0 Å². The molecule has 0 bridgehead atoms. The highest BCUT2D eigenvalue weighted by Gasteiger charge is 2.26. The van der Waals surface area contributed by atoms with Crippen LogP contribution < -0.4 is 10.2 Å². The number of amides is 2. The fourth-order valence-electron chi connectivity index (χ4n) is 3.22. The summed E-state index contributed by atoms with van der Waals surface area (Å²) in [6, 6.07) is 0. The van der Waals surface area contributed by atoms with Crippen molar-refractivity contribution in [3.8, 4) is 0 Å². The van der Waals surface area contributed by atoms with Crippen LogP contribution in [-0.2, 0) is 20.7 Å². The number of esters is 1. The van der Waals surface area contributed by atoms with Gasteiger partial charge in [0.05, 0.1) is 38.3 Å². The second-order valence-corrected chi connectivity index (χ2v) is 8.14. The third kappa shape index (κ3) is 6.04. The van der Waals surface area contributed by atoms with Gasteiger partial charge in [-0.15, -0.1) is 11.3 Å². The number of hydrogen-bond acceptors (Lipinski definition) is 5. The number of carbonyl (C=O) groups is 3. The summed E-state index contributed by atoms with van der Waals surface area (Å²) in [5, 5.41) is 5.40. The molecule has 0 aliphatic carbocycles. The summed E-state index contributed by atoms with van der Waals surface area (Å²) in [6.45, 7) is 11.0. The molecule has 150 valence electrons. The second kappa shape index (κ2) is 9.85. The van der Waals surface area contributed by atoms with Crippen molar-refractivity contribution in [3.63, 3.8) is 0 Å². The van der Waals surface area contributed by atoms with Crippen molar-refractivity contribution in [1.82, 2.24) is 4.90 Å². The van der Waals surface area contributed by atoms with Crippen LogP contribution in [0.5, 0.6) is 0 Å². The topological polar surface area (TPSA) is 80.2 Å². The van der Waals surface area contributed by atoms with E-state index in [0.29, 0.717) is 42.7 Å². The first-order valence-corrected chi connectivity index (χ1v) is 10.4. The van der Waals surface area contributed by atoms with Crippen LogP contribution in [0.15, 0.2) is 5.38 Å². The molecule has 2 rings (SSSR count). The molecule has 0 unspecified atom stereocenters. The number of nitrogens with one attached hydrogen (secondary N) is 2. The molecule has 1 fully saturated rings. The molecule has 1 aliphatic heterocycles. The first kappa shape index (κ1) is 21.4. The highest BCUT2D eigenvalue weighted by Crippen LogP contribution is 2.30. The van der Waals surface area contributed by atoms with Gasteiger partial charge in [0.25, 0.3) is 5.91 Å². The molecule has 7 nitrogen and oxygen atoms in total. The van der Waals surface area contributed by atoms with Crippen LogP contribution >= 0.6 is 11.3 Å². The smallest absolute Gasteiger partial charge is 0.341 e. The monoisotopic (exact) mass is 396 g/mol. The highest BCUT2D eigenvalue weighted by atomic mass is 32.1. The van der Waals surface area contributed by atoms with Crippen molar-refractivity contribution in [2.24, 2.45) is 5.92 Å². The largest absolute Gasteiger partial charge is 0.462 e. The number of ether oxygens (including phenoxy) is 1. The van der Waals surface area contributed by atoms with E-state index in [2.05, 4.69) is 19.2 Å². The zero-order chi connectivity index (χ0) is 20.0. The van der Waals surface area contributed by atoms with Gasteiger partial charge in [0, 0.05) is 6.92 Å². The predicted molar refractivity (Wildman–Crippen MR) is 105 cm³/mol.